The highest BCUT2D eigenvalue weighted by atomic mass is 32.2. The maximum atomic E-state index is 12.4. The quantitative estimate of drug-likeness (QED) is 0.367. The van der Waals surface area contributed by atoms with Crippen LogP contribution in [0.3, 0.4) is 0 Å². The first kappa shape index (κ1) is 24.0. The average Bonchev–Trinajstić information content (AvgIpc) is 3.19. The minimum absolute atomic E-state index is 0.121. The van der Waals surface area contributed by atoms with Gasteiger partial charge in [0.15, 0.2) is 11.0 Å². The Balaban J connectivity index is 1.53. The molecule has 0 saturated heterocycles. The lowest BCUT2D eigenvalue weighted by molar-refractivity contribution is -0.113. The molecule has 0 unspecified atom stereocenters. The van der Waals surface area contributed by atoms with Crippen LogP contribution in [0, 0.1) is 0 Å². The number of aromatic nitrogens is 3. The minimum atomic E-state index is -0.404. The molecule has 1 heterocycles. The van der Waals surface area contributed by atoms with E-state index in [1.54, 1.807) is 67.1 Å². The number of esters is 1. The fourth-order valence-corrected chi connectivity index (χ4v) is 3.71. The van der Waals surface area contributed by atoms with Crippen LogP contribution in [0.5, 0.6) is 0 Å². The first-order valence-electron chi connectivity index (χ1n) is 10.3. The van der Waals surface area contributed by atoms with Crippen LogP contribution in [0.4, 0.5) is 5.69 Å². The van der Waals surface area contributed by atoms with E-state index in [1.165, 1.54) is 11.8 Å². The predicted molar refractivity (Wildman–Crippen MR) is 125 cm³/mol. The van der Waals surface area contributed by atoms with E-state index in [0.29, 0.717) is 34.4 Å². The molecule has 9 nitrogen and oxygen atoms in total. The van der Waals surface area contributed by atoms with Crippen molar-refractivity contribution in [2.75, 3.05) is 17.7 Å². The number of thioether (sulfide) groups is 1. The van der Waals surface area contributed by atoms with Gasteiger partial charge in [0.2, 0.25) is 5.91 Å². The number of carbonyl (C=O) groups is 3. The molecule has 0 aliphatic heterocycles. The molecule has 0 bridgehead atoms. The van der Waals surface area contributed by atoms with Gasteiger partial charge in [-0.1, -0.05) is 30.0 Å². The summed E-state index contributed by atoms with van der Waals surface area (Å²) in [5.74, 6) is -0.126. The van der Waals surface area contributed by atoms with E-state index in [0.717, 1.165) is 0 Å². The van der Waals surface area contributed by atoms with Crippen molar-refractivity contribution in [3.63, 3.8) is 0 Å². The van der Waals surface area contributed by atoms with Gasteiger partial charge in [0.05, 0.1) is 24.0 Å². The monoisotopic (exact) mass is 467 g/mol. The molecule has 3 rings (SSSR count). The molecule has 0 aliphatic carbocycles. The van der Waals surface area contributed by atoms with Gasteiger partial charge in [-0.05, 0) is 50.2 Å². The van der Waals surface area contributed by atoms with Crippen LogP contribution < -0.4 is 10.6 Å². The van der Waals surface area contributed by atoms with Gasteiger partial charge in [-0.2, -0.15) is 0 Å². The van der Waals surface area contributed by atoms with E-state index in [-0.39, 0.29) is 23.6 Å². The Morgan fingerprint density at radius 3 is 2.39 bits per heavy atom. The van der Waals surface area contributed by atoms with Crippen molar-refractivity contribution in [2.45, 2.75) is 25.0 Å². The van der Waals surface area contributed by atoms with Crippen LogP contribution >= 0.6 is 11.8 Å². The number of nitrogens with zero attached hydrogens (tertiary/aromatic N) is 3. The first-order valence-corrected chi connectivity index (χ1v) is 11.3. The topological polar surface area (TPSA) is 115 Å². The molecular formula is C23H25N5O4S. The van der Waals surface area contributed by atoms with Gasteiger partial charge in [0.25, 0.3) is 5.91 Å². The van der Waals surface area contributed by atoms with Crippen molar-refractivity contribution in [1.29, 1.82) is 0 Å². The van der Waals surface area contributed by atoms with Crippen LogP contribution in [0.1, 0.15) is 46.4 Å². The Bertz CT molecular complexity index is 1120. The third-order valence-corrected chi connectivity index (χ3v) is 5.67. The summed E-state index contributed by atoms with van der Waals surface area (Å²) in [6.45, 7) is 3.87. The van der Waals surface area contributed by atoms with E-state index < -0.39 is 5.97 Å². The van der Waals surface area contributed by atoms with Crippen LogP contribution in [-0.2, 0) is 16.6 Å². The van der Waals surface area contributed by atoms with Crippen molar-refractivity contribution in [2.24, 2.45) is 7.05 Å². The second-order valence-electron chi connectivity index (χ2n) is 7.10. The van der Waals surface area contributed by atoms with Gasteiger partial charge in [-0.15, -0.1) is 10.2 Å². The summed E-state index contributed by atoms with van der Waals surface area (Å²) >= 11 is 1.23. The van der Waals surface area contributed by atoms with Crippen molar-refractivity contribution in [1.82, 2.24) is 20.1 Å². The second-order valence-corrected chi connectivity index (χ2v) is 8.04. The van der Waals surface area contributed by atoms with Gasteiger partial charge >= 0.3 is 5.97 Å². The Morgan fingerprint density at radius 1 is 1.03 bits per heavy atom. The second kappa shape index (κ2) is 11.3. The summed E-state index contributed by atoms with van der Waals surface area (Å²) in [4.78, 5) is 36.4. The number of amides is 2. The number of rotatable bonds is 9. The van der Waals surface area contributed by atoms with Gasteiger partial charge in [0, 0.05) is 18.3 Å². The number of ether oxygens (including phenoxy) is 1. The highest BCUT2D eigenvalue weighted by Crippen LogP contribution is 2.20. The molecule has 2 amide bonds. The Kier molecular flexibility index (Phi) is 8.20. The molecule has 1 atom stereocenters. The molecule has 2 aromatic carbocycles. The Labute approximate surface area is 195 Å². The highest BCUT2D eigenvalue weighted by Gasteiger charge is 2.19. The maximum absolute atomic E-state index is 12.4. The van der Waals surface area contributed by atoms with Gasteiger partial charge in [-0.25, -0.2) is 4.79 Å². The molecule has 2 N–H and O–H groups in total. The maximum Gasteiger partial charge on any atom is 0.338 e. The summed E-state index contributed by atoms with van der Waals surface area (Å²) in [5, 5.41) is 14.5. The lowest BCUT2D eigenvalue weighted by Crippen LogP contribution is -2.28. The van der Waals surface area contributed by atoms with E-state index in [2.05, 4.69) is 20.8 Å². The molecular weight excluding hydrogens is 442 g/mol. The summed E-state index contributed by atoms with van der Waals surface area (Å²) in [6.07, 6.45) is 0. The third kappa shape index (κ3) is 6.42. The lowest BCUT2D eigenvalue weighted by Gasteiger charge is -2.13. The number of benzene rings is 2. The lowest BCUT2D eigenvalue weighted by atomic mass is 10.2. The fraction of sp³-hybridized carbons (Fsp3) is 0.261. The summed E-state index contributed by atoms with van der Waals surface area (Å²) in [7, 11) is 1.79. The van der Waals surface area contributed by atoms with Crippen LogP contribution in [0.2, 0.25) is 0 Å². The number of anilines is 1. The van der Waals surface area contributed by atoms with Crippen molar-refractivity contribution < 1.29 is 19.1 Å². The van der Waals surface area contributed by atoms with E-state index in [1.807, 2.05) is 13.0 Å². The fourth-order valence-electron chi connectivity index (χ4n) is 2.99. The average molecular weight is 468 g/mol. The SMILES string of the molecule is CCOC(=O)c1ccc(NC(=O)CSc2nnc([C@@H](C)NC(=O)c3ccccc3)n2C)cc1. The Morgan fingerprint density at radius 2 is 1.73 bits per heavy atom. The van der Waals surface area contributed by atoms with Gasteiger partial charge in [0.1, 0.15) is 0 Å². The normalized spacial score (nSPS) is 11.5. The zero-order valence-corrected chi connectivity index (χ0v) is 19.4. The minimum Gasteiger partial charge on any atom is -0.462 e. The van der Waals surface area contributed by atoms with Crippen molar-refractivity contribution in [3.05, 3.63) is 71.5 Å². The summed E-state index contributed by atoms with van der Waals surface area (Å²) < 4.78 is 6.69. The van der Waals surface area contributed by atoms with E-state index in [9.17, 15) is 14.4 Å². The molecule has 0 saturated carbocycles. The molecule has 0 spiro atoms. The first-order chi connectivity index (χ1) is 15.9. The van der Waals surface area contributed by atoms with Crippen LogP contribution in [0.25, 0.3) is 0 Å². The van der Waals surface area contributed by atoms with Crippen molar-refractivity contribution in [3.8, 4) is 0 Å². The molecule has 3 aromatic rings. The number of carbonyl (C=O) groups excluding carboxylic acids is 3. The zero-order chi connectivity index (χ0) is 23.8. The predicted octanol–water partition coefficient (Wildman–Crippen LogP) is 3.21. The highest BCUT2D eigenvalue weighted by molar-refractivity contribution is 7.99. The molecule has 1 aromatic heterocycles. The van der Waals surface area contributed by atoms with Crippen molar-refractivity contribution >= 4 is 35.2 Å². The number of hydrogen-bond donors (Lipinski definition) is 2. The van der Waals surface area contributed by atoms with Gasteiger partial charge < -0.3 is 19.9 Å². The van der Waals surface area contributed by atoms with E-state index in [4.69, 9.17) is 4.74 Å². The zero-order valence-electron chi connectivity index (χ0n) is 18.6. The van der Waals surface area contributed by atoms with Gasteiger partial charge in [-0.3, -0.25) is 9.59 Å². The van der Waals surface area contributed by atoms with Crippen LogP contribution in [0.15, 0.2) is 59.8 Å². The molecule has 10 heteroatoms. The largest absolute Gasteiger partial charge is 0.462 e. The molecule has 172 valence electrons. The molecule has 0 fully saturated rings. The molecule has 33 heavy (non-hydrogen) atoms. The standard InChI is InChI=1S/C23H25N5O4S/c1-4-32-22(31)17-10-12-18(13-11-17)25-19(29)14-33-23-27-26-20(28(23)3)15(2)24-21(30)16-8-6-5-7-9-16/h5-13,15H,4,14H2,1-3H3,(H,24,30)(H,25,29)/t15-/m1/s1. The number of nitrogens with one attached hydrogen (secondary N) is 2. The summed E-state index contributed by atoms with van der Waals surface area (Å²) in [5.41, 5.74) is 1.56. The molecule has 0 aliphatic rings. The van der Waals surface area contributed by atoms with E-state index >= 15 is 0 Å². The third-order valence-electron chi connectivity index (χ3n) is 4.65. The Hall–Kier alpha value is -3.66. The molecule has 0 radical (unpaired) electrons. The smallest absolute Gasteiger partial charge is 0.338 e. The number of hydrogen-bond acceptors (Lipinski definition) is 7. The van der Waals surface area contributed by atoms with Crippen LogP contribution in [-0.4, -0.2) is 44.9 Å². The summed E-state index contributed by atoms with van der Waals surface area (Å²) in [6, 6.07) is 15.1.